The van der Waals surface area contributed by atoms with E-state index in [2.05, 4.69) is 5.32 Å². The van der Waals surface area contributed by atoms with Gasteiger partial charge in [0.15, 0.2) is 6.61 Å². The zero-order valence-electron chi connectivity index (χ0n) is 12.1. The van der Waals surface area contributed by atoms with E-state index in [-0.39, 0.29) is 12.5 Å². The largest absolute Gasteiger partial charge is 0.484 e. The van der Waals surface area contributed by atoms with Gasteiger partial charge in [-0.3, -0.25) is 4.79 Å². The van der Waals surface area contributed by atoms with Crippen molar-refractivity contribution in [2.24, 2.45) is 0 Å². The summed E-state index contributed by atoms with van der Waals surface area (Å²) in [5, 5.41) is 3.72. The van der Waals surface area contributed by atoms with Gasteiger partial charge < -0.3 is 10.1 Å². The van der Waals surface area contributed by atoms with Crippen molar-refractivity contribution in [3.8, 4) is 5.75 Å². The minimum atomic E-state index is -0.0439. The van der Waals surface area contributed by atoms with Gasteiger partial charge in [-0.1, -0.05) is 30.5 Å². The van der Waals surface area contributed by atoms with Crippen molar-refractivity contribution < 1.29 is 9.53 Å². The maximum atomic E-state index is 11.6. The molecule has 0 unspecified atom stereocenters. The normalized spacial score (nSPS) is 15.2. The van der Waals surface area contributed by atoms with Crippen LogP contribution in [-0.4, -0.2) is 30.1 Å². The number of amides is 1. The molecule has 1 aliphatic carbocycles. The molecule has 4 heteroatoms. The summed E-state index contributed by atoms with van der Waals surface area (Å²) in [6, 6.07) is 7.73. The molecule has 0 aromatic heterocycles. The molecule has 0 atom stereocenters. The first kappa shape index (κ1) is 15.2. The smallest absolute Gasteiger partial charge is 0.257 e. The van der Waals surface area contributed by atoms with Gasteiger partial charge in [-0.25, -0.2) is 0 Å². The van der Waals surface area contributed by atoms with Crippen LogP contribution in [0.1, 0.15) is 31.2 Å². The Bertz CT molecular complexity index is 413. The average Bonchev–Trinajstić information content (AvgIpc) is 2.96. The summed E-state index contributed by atoms with van der Waals surface area (Å²) in [7, 11) is 0. The first-order valence-electron chi connectivity index (χ1n) is 7.32. The van der Waals surface area contributed by atoms with Crippen molar-refractivity contribution in [2.45, 2.75) is 37.9 Å². The molecule has 1 fully saturated rings. The Balaban J connectivity index is 1.54. The Kier molecular flexibility index (Phi) is 6.25. The van der Waals surface area contributed by atoms with Gasteiger partial charge >= 0.3 is 0 Å². The van der Waals surface area contributed by atoms with E-state index in [0.29, 0.717) is 0 Å². The highest BCUT2D eigenvalue weighted by Crippen LogP contribution is 2.28. The van der Waals surface area contributed by atoms with E-state index in [4.69, 9.17) is 4.74 Å². The van der Waals surface area contributed by atoms with E-state index < -0.39 is 0 Å². The molecule has 0 bridgehead atoms. The van der Waals surface area contributed by atoms with Gasteiger partial charge in [0.25, 0.3) is 5.91 Å². The average molecular weight is 293 g/mol. The molecule has 1 aromatic rings. The lowest BCUT2D eigenvalue weighted by atomic mass is 10.2. The Morgan fingerprint density at radius 1 is 1.30 bits per heavy atom. The Labute approximate surface area is 125 Å². The SMILES string of the molecule is Cc1ccc(OCC(=O)NCCSC2CCCC2)cc1. The van der Waals surface area contributed by atoms with Crippen molar-refractivity contribution in [1.29, 1.82) is 0 Å². The van der Waals surface area contributed by atoms with E-state index in [1.807, 2.05) is 43.0 Å². The maximum Gasteiger partial charge on any atom is 0.257 e. The predicted octanol–water partition coefficient (Wildman–Crippen LogP) is 3.17. The summed E-state index contributed by atoms with van der Waals surface area (Å²) >= 11 is 1.99. The van der Waals surface area contributed by atoms with Crippen molar-refractivity contribution in [2.75, 3.05) is 18.9 Å². The lowest BCUT2D eigenvalue weighted by Crippen LogP contribution is -2.30. The third-order valence-corrected chi connectivity index (χ3v) is 4.85. The molecule has 3 nitrogen and oxygen atoms in total. The van der Waals surface area contributed by atoms with Gasteiger partial charge in [-0.15, -0.1) is 0 Å². The fourth-order valence-corrected chi connectivity index (χ4v) is 3.53. The number of hydrogen-bond acceptors (Lipinski definition) is 3. The Morgan fingerprint density at radius 2 is 2.00 bits per heavy atom. The number of hydrogen-bond donors (Lipinski definition) is 1. The molecule has 0 aliphatic heterocycles. The molecule has 110 valence electrons. The second-order valence-electron chi connectivity index (χ2n) is 5.23. The highest BCUT2D eigenvalue weighted by Gasteiger charge is 2.14. The molecule has 1 amide bonds. The number of nitrogens with one attached hydrogen (secondary N) is 1. The lowest BCUT2D eigenvalue weighted by molar-refractivity contribution is -0.122. The number of ether oxygens (including phenoxy) is 1. The summed E-state index contributed by atoms with van der Waals surface area (Å²) in [5.74, 6) is 1.70. The van der Waals surface area contributed by atoms with Crippen LogP contribution in [-0.2, 0) is 4.79 Å². The summed E-state index contributed by atoms with van der Waals surface area (Å²) in [6.07, 6.45) is 5.42. The van der Waals surface area contributed by atoms with Crippen LogP contribution in [0, 0.1) is 6.92 Å². The predicted molar refractivity (Wildman–Crippen MR) is 84.4 cm³/mol. The van der Waals surface area contributed by atoms with E-state index >= 15 is 0 Å². The third-order valence-electron chi connectivity index (χ3n) is 3.47. The molecular formula is C16H23NO2S. The molecule has 20 heavy (non-hydrogen) atoms. The molecule has 0 spiro atoms. The number of rotatable bonds is 7. The summed E-state index contributed by atoms with van der Waals surface area (Å²) in [5.41, 5.74) is 1.19. The fraction of sp³-hybridized carbons (Fsp3) is 0.562. The van der Waals surface area contributed by atoms with Crippen molar-refractivity contribution in [3.05, 3.63) is 29.8 Å². The van der Waals surface area contributed by atoms with Crippen molar-refractivity contribution in [1.82, 2.24) is 5.32 Å². The molecule has 1 aliphatic rings. The number of carbonyl (C=O) groups is 1. The van der Waals surface area contributed by atoms with E-state index in [9.17, 15) is 4.79 Å². The van der Waals surface area contributed by atoms with Gasteiger partial charge in [-0.2, -0.15) is 11.8 Å². The zero-order valence-corrected chi connectivity index (χ0v) is 12.9. The first-order chi connectivity index (χ1) is 9.74. The van der Waals surface area contributed by atoms with Crippen LogP contribution in [0.15, 0.2) is 24.3 Å². The minimum Gasteiger partial charge on any atom is -0.484 e. The highest BCUT2D eigenvalue weighted by atomic mass is 32.2. The van der Waals surface area contributed by atoms with Crippen LogP contribution in [0.3, 0.4) is 0 Å². The van der Waals surface area contributed by atoms with Crippen LogP contribution in [0.2, 0.25) is 0 Å². The van der Waals surface area contributed by atoms with Crippen LogP contribution >= 0.6 is 11.8 Å². The van der Waals surface area contributed by atoms with Gasteiger partial charge in [-0.05, 0) is 31.9 Å². The zero-order chi connectivity index (χ0) is 14.2. The van der Waals surface area contributed by atoms with Gasteiger partial charge in [0.1, 0.15) is 5.75 Å². The topological polar surface area (TPSA) is 38.3 Å². The standard InChI is InChI=1S/C16H23NO2S/c1-13-6-8-14(9-7-13)19-12-16(18)17-10-11-20-15-4-2-3-5-15/h6-9,15H,2-5,10-12H2,1H3,(H,17,18). The van der Waals surface area contributed by atoms with Gasteiger partial charge in [0.2, 0.25) is 0 Å². The fourth-order valence-electron chi connectivity index (χ4n) is 2.31. The quantitative estimate of drug-likeness (QED) is 0.785. The van der Waals surface area contributed by atoms with E-state index in [1.54, 1.807) is 0 Å². The number of thioether (sulfide) groups is 1. The van der Waals surface area contributed by atoms with Crippen LogP contribution in [0.4, 0.5) is 0 Å². The molecule has 1 N–H and O–H groups in total. The maximum absolute atomic E-state index is 11.6. The van der Waals surface area contributed by atoms with Gasteiger partial charge in [0.05, 0.1) is 0 Å². The third kappa shape index (κ3) is 5.45. The van der Waals surface area contributed by atoms with Crippen LogP contribution in [0.5, 0.6) is 5.75 Å². The van der Waals surface area contributed by atoms with Crippen LogP contribution in [0.25, 0.3) is 0 Å². The monoisotopic (exact) mass is 293 g/mol. The Morgan fingerprint density at radius 3 is 2.70 bits per heavy atom. The molecule has 1 aromatic carbocycles. The molecule has 0 radical (unpaired) electrons. The Hall–Kier alpha value is -1.16. The number of aryl methyl sites for hydroxylation is 1. The molecule has 0 heterocycles. The number of benzene rings is 1. The first-order valence-corrected chi connectivity index (χ1v) is 8.37. The molecule has 1 saturated carbocycles. The molecule has 2 rings (SSSR count). The summed E-state index contributed by atoms with van der Waals surface area (Å²) in [6.45, 7) is 2.85. The second kappa shape index (κ2) is 8.20. The molecular weight excluding hydrogens is 270 g/mol. The van der Waals surface area contributed by atoms with Gasteiger partial charge in [0, 0.05) is 17.5 Å². The lowest BCUT2D eigenvalue weighted by Gasteiger charge is -2.10. The van der Waals surface area contributed by atoms with E-state index in [0.717, 1.165) is 23.3 Å². The summed E-state index contributed by atoms with van der Waals surface area (Å²) < 4.78 is 5.43. The van der Waals surface area contributed by atoms with Crippen molar-refractivity contribution >= 4 is 17.7 Å². The second-order valence-corrected chi connectivity index (χ2v) is 6.64. The summed E-state index contributed by atoms with van der Waals surface area (Å²) in [4.78, 5) is 11.6. The van der Waals surface area contributed by atoms with Crippen molar-refractivity contribution in [3.63, 3.8) is 0 Å². The minimum absolute atomic E-state index is 0.0439. The highest BCUT2D eigenvalue weighted by molar-refractivity contribution is 7.99. The number of carbonyl (C=O) groups excluding carboxylic acids is 1. The van der Waals surface area contributed by atoms with E-state index in [1.165, 1.54) is 31.2 Å². The van der Waals surface area contributed by atoms with Crippen LogP contribution < -0.4 is 10.1 Å². The molecule has 0 saturated heterocycles.